The van der Waals surface area contributed by atoms with Crippen molar-refractivity contribution in [2.45, 2.75) is 25.9 Å². The van der Waals surface area contributed by atoms with E-state index in [0.29, 0.717) is 12.1 Å². The summed E-state index contributed by atoms with van der Waals surface area (Å²) in [6.45, 7) is 6.30. The second kappa shape index (κ2) is 4.17. The molecule has 0 saturated carbocycles. The molecule has 0 bridgehead atoms. The minimum atomic E-state index is 0.467. The Morgan fingerprint density at radius 2 is 2.00 bits per heavy atom. The summed E-state index contributed by atoms with van der Waals surface area (Å²) < 4.78 is 0. The van der Waals surface area contributed by atoms with Crippen molar-refractivity contribution in [2.75, 3.05) is 23.8 Å². The molecule has 0 spiro atoms. The van der Waals surface area contributed by atoms with E-state index < -0.39 is 0 Å². The van der Waals surface area contributed by atoms with Crippen LogP contribution in [0.1, 0.15) is 13.8 Å². The van der Waals surface area contributed by atoms with E-state index in [1.54, 1.807) is 0 Å². The van der Waals surface area contributed by atoms with Crippen molar-refractivity contribution < 1.29 is 0 Å². The van der Waals surface area contributed by atoms with Crippen LogP contribution in [-0.2, 0) is 0 Å². The minimum absolute atomic E-state index is 0.467. The first-order chi connectivity index (χ1) is 8.63. The number of nitrogens with two attached hydrogens (primary N) is 1. The van der Waals surface area contributed by atoms with E-state index in [4.69, 9.17) is 5.73 Å². The Kier molecular flexibility index (Phi) is 2.63. The Hall–Kier alpha value is -1.75. The van der Waals surface area contributed by atoms with Gasteiger partial charge < -0.3 is 11.1 Å². The van der Waals surface area contributed by atoms with E-state index in [1.165, 1.54) is 0 Å². The highest BCUT2D eigenvalue weighted by Gasteiger charge is 2.22. The molecule has 0 radical (unpaired) electrons. The van der Waals surface area contributed by atoms with Gasteiger partial charge in [0.1, 0.15) is 0 Å². The van der Waals surface area contributed by atoms with Crippen molar-refractivity contribution in [1.82, 2.24) is 15.2 Å². The van der Waals surface area contributed by atoms with E-state index in [-0.39, 0.29) is 0 Å². The molecule has 2 aromatic rings. The number of hydrogen-bond donors (Lipinski definition) is 2. The number of aromatic nitrogens is 2. The standard InChI is InChI=1S/C13H19N5/c1-9-7-17(8-10(2)16-9)18-13-5-12(14)4-3-11(13)6-15-18/h3-6,9-10,16H,7-8,14H2,1-2H3/t9-,10+. The molecule has 96 valence electrons. The Balaban J connectivity index is 2.00. The van der Waals surface area contributed by atoms with Gasteiger partial charge >= 0.3 is 0 Å². The molecule has 1 aliphatic rings. The summed E-state index contributed by atoms with van der Waals surface area (Å²) in [6.07, 6.45) is 1.89. The third-order valence-electron chi connectivity index (χ3n) is 3.38. The largest absolute Gasteiger partial charge is 0.399 e. The molecule has 3 N–H and O–H groups in total. The quantitative estimate of drug-likeness (QED) is 0.734. The number of rotatable bonds is 1. The maximum atomic E-state index is 5.86. The highest BCUT2D eigenvalue weighted by Crippen LogP contribution is 2.18. The summed E-state index contributed by atoms with van der Waals surface area (Å²) in [5, 5.41) is 11.4. The van der Waals surface area contributed by atoms with Crippen molar-refractivity contribution in [3.05, 3.63) is 24.4 Å². The normalized spacial score (nSPS) is 24.7. The molecule has 5 nitrogen and oxygen atoms in total. The average Bonchev–Trinajstić information content (AvgIpc) is 2.70. The summed E-state index contributed by atoms with van der Waals surface area (Å²) >= 11 is 0. The topological polar surface area (TPSA) is 59.1 Å². The number of anilines is 1. The van der Waals surface area contributed by atoms with Gasteiger partial charge in [0.15, 0.2) is 0 Å². The molecule has 0 aliphatic carbocycles. The molecule has 1 aromatic heterocycles. The second-order valence-electron chi connectivity index (χ2n) is 5.19. The van der Waals surface area contributed by atoms with Crippen molar-refractivity contribution >= 4 is 16.6 Å². The van der Waals surface area contributed by atoms with E-state index in [1.807, 2.05) is 29.2 Å². The monoisotopic (exact) mass is 245 g/mol. The van der Waals surface area contributed by atoms with E-state index in [2.05, 4.69) is 29.3 Å². The maximum Gasteiger partial charge on any atom is 0.0941 e. The summed E-state index contributed by atoms with van der Waals surface area (Å²) in [4.78, 5) is 1.99. The predicted molar refractivity (Wildman–Crippen MR) is 74.2 cm³/mol. The zero-order valence-electron chi connectivity index (χ0n) is 10.8. The van der Waals surface area contributed by atoms with Gasteiger partial charge in [-0.05, 0) is 32.0 Å². The number of hydrogen-bond acceptors (Lipinski definition) is 4. The summed E-state index contributed by atoms with van der Waals surface area (Å²) in [5.74, 6) is 0. The molecule has 2 heterocycles. The molecule has 1 fully saturated rings. The number of nitrogens with one attached hydrogen (secondary N) is 1. The Labute approximate surface area is 107 Å². The third kappa shape index (κ3) is 1.90. The van der Waals surface area contributed by atoms with E-state index >= 15 is 0 Å². The lowest BCUT2D eigenvalue weighted by atomic mass is 10.2. The van der Waals surface area contributed by atoms with E-state index in [0.717, 1.165) is 29.7 Å². The van der Waals surface area contributed by atoms with Crippen molar-refractivity contribution in [3.8, 4) is 0 Å². The number of piperazine rings is 1. The molecular formula is C13H19N5. The molecule has 1 aliphatic heterocycles. The van der Waals surface area contributed by atoms with Gasteiger partial charge in [-0.1, -0.05) is 0 Å². The lowest BCUT2D eigenvalue weighted by molar-refractivity contribution is 0.350. The van der Waals surface area contributed by atoms with Gasteiger partial charge in [0.25, 0.3) is 0 Å². The van der Waals surface area contributed by atoms with Crippen LogP contribution >= 0.6 is 0 Å². The Morgan fingerprint density at radius 3 is 2.72 bits per heavy atom. The van der Waals surface area contributed by atoms with Crippen LogP contribution in [0.3, 0.4) is 0 Å². The first kappa shape index (κ1) is 11.3. The average molecular weight is 245 g/mol. The maximum absolute atomic E-state index is 5.86. The molecule has 2 atom stereocenters. The van der Waals surface area contributed by atoms with Gasteiger partial charge in [0.2, 0.25) is 0 Å². The minimum Gasteiger partial charge on any atom is -0.399 e. The Bertz CT molecular complexity index is 552. The lowest BCUT2D eigenvalue weighted by Gasteiger charge is -2.37. The van der Waals surface area contributed by atoms with Gasteiger partial charge in [-0.3, -0.25) is 5.01 Å². The number of benzene rings is 1. The molecular weight excluding hydrogens is 226 g/mol. The SMILES string of the molecule is C[C@@H]1CN(n2ncc3ccc(N)cc32)C[C@H](C)N1. The van der Waals surface area contributed by atoms with Gasteiger partial charge in [-0.25, -0.2) is 0 Å². The van der Waals surface area contributed by atoms with Crippen LogP contribution in [0.25, 0.3) is 10.9 Å². The van der Waals surface area contributed by atoms with Crippen LogP contribution in [-0.4, -0.2) is 35.1 Å². The fourth-order valence-corrected chi connectivity index (χ4v) is 2.70. The molecule has 1 aromatic carbocycles. The zero-order valence-corrected chi connectivity index (χ0v) is 10.8. The number of nitrogen functional groups attached to an aromatic ring is 1. The number of fused-ring (bicyclic) bond motifs is 1. The van der Waals surface area contributed by atoms with Gasteiger partial charge in [0.05, 0.1) is 24.8 Å². The predicted octanol–water partition coefficient (Wildman–Crippen LogP) is 0.937. The van der Waals surface area contributed by atoms with Gasteiger partial charge in [-0.15, -0.1) is 0 Å². The third-order valence-corrected chi connectivity index (χ3v) is 3.38. The lowest BCUT2D eigenvalue weighted by Crippen LogP contribution is -2.58. The smallest absolute Gasteiger partial charge is 0.0941 e. The van der Waals surface area contributed by atoms with E-state index in [9.17, 15) is 0 Å². The van der Waals surface area contributed by atoms with Gasteiger partial charge in [-0.2, -0.15) is 9.89 Å². The second-order valence-corrected chi connectivity index (χ2v) is 5.19. The number of nitrogens with zero attached hydrogens (tertiary/aromatic N) is 3. The highest BCUT2D eigenvalue weighted by molar-refractivity contribution is 5.82. The summed E-state index contributed by atoms with van der Waals surface area (Å²) in [7, 11) is 0. The van der Waals surface area contributed by atoms with Crippen molar-refractivity contribution in [2.24, 2.45) is 0 Å². The first-order valence-corrected chi connectivity index (χ1v) is 6.38. The van der Waals surface area contributed by atoms with Gasteiger partial charge in [0, 0.05) is 23.2 Å². The molecule has 3 rings (SSSR count). The highest BCUT2D eigenvalue weighted by atomic mass is 15.7. The molecule has 0 unspecified atom stereocenters. The molecule has 1 saturated heterocycles. The fourth-order valence-electron chi connectivity index (χ4n) is 2.70. The molecule has 0 amide bonds. The fraction of sp³-hybridized carbons (Fsp3) is 0.462. The molecule has 5 heteroatoms. The zero-order chi connectivity index (χ0) is 12.7. The Morgan fingerprint density at radius 1 is 1.28 bits per heavy atom. The first-order valence-electron chi connectivity index (χ1n) is 6.38. The van der Waals surface area contributed by atoms with Crippen LogP contribution in [0.4, 0.5) is 5.69 Å². The summed E-state index contributed by atoms with van der Waals surface area (Å²) in [5.41, 5.74) is 7.72. The summed E-state index contributed by atoms with van der Waals surface area (Å²) in [6, 6.07) is 6.85. The van der Waals surface area contributed by atoms with Crippen LogP contribution in [0.15, 0.2) is 24.4 Å². The van der Waals surface area contributed by atoms with Crippen LogP contribution in [0, 0.1) is 0 Å². The van der Waals surface area contributed by atoms with Crippen molar-refractivity contribution in [1.29, 1.82) is 0 Å². The van der Waals surface area contributed by atoms with Crippen LogP contribution in [0.2, 0.25) is 0 Å². The molecule has 18 heavy (non-hydrogen) atoms. The van der Waals surface area contributed by atoms with Crippen LogP contribution in [0.5, 0.6) is 0 Å². The van der Waals surface area contributed by atoms with Crippen LogP contribution < -0.4 is 16.1 Å². The van der Waals surface area contributed by atoms with Crippen molar-refractivity contribution in [3.63, 3.8) is 0 Å².